The van der Waals surface area contributed by atoms with Crippen molar-refractivity contribution in [2.45, 2.75) is 6.42 Å². The van der Waals surface area contributed by atoms with E-state index in [2.05, 4.69) is 5.32 Å². The molecule has 150 valence electrons. The Hall–Kier alpha value is -3.44. The lowest BCUT2D eigenvalue weighted by molar-refractivity contribution is 0.484. The predicted octanol–water partition coefficient (Wildman–Crippen LogP) is 5.19. The van der Waals surface area contributed by atoms with Crippen LogP contribution in [-0.2, 0) is 6.42 Å². The van der Waals surface area contributed by atoms with Crippen LogP contribution in [0.3, 0.4) is 0 Å². The number of nitrogens with one attached hydrogen (secondary N) is 1. The highest BCUT2D eigenvalue weighted by Gasteiger charge is 2.25. The number of halogens is 2. The molecule has 6 heteroatoms. The van der Waals surface area contributed by atoms with Gasteiger partial charge in [-0.15, -0.1) is 0 Å². The second kappa shape index (κ2) is 8.51. The molecule has 0 spiro atoms. The smallest absolute Gasteiger partial charge is 0.250 e. The van der Waals surface area contributed by atoms with Crippen LogP contribution in [0.25, 0.3) is 11.1 Å². The average Bonchev–Trinajstić information content (AvgIpc) is 2.75. The fourth-order valence-electron chi connectivity index (χ4n) is 3.24. The minimum Gasteiger partial charge on any atom is -0.457 e. The van der Waals surface area contributed by atoms with Gasteiger partial charge in [0.15, 0.2) is 0 Å². The molecule has 0 fully saturated rings. The van der Waals surface area contributed by atoms with Gasteiger partial charge in [-0.1, -0.05) is 41.9 Å². The number of hydrogen-bond donors (Lipinski definition) is 1. The molecule has 4 rings (SSSR count). The standard InChI is InChI=1S/C24H17ClFNO3/c25-16-9-10-19(20(14-16)30-18-7-2-1-3-8-18)21-22(24(29)23(21)28)27-12-11-15-5-4-6-17(26)13-15/h1-10,13-14,27H,11-12H2. The molecule has 0 saturated carbocycles. The molecule has 0 radical (unpaired) electrons. The van der Waals surface area contributed by atoms with E-state index in [0.717, 1.165) is 5.56 Å². The first-order valence-electron chi connectivity index (χ1n) is 9.37. The van der Waals surface area contributed by atoms with Crippen LogP contribution in [0.1, 0.15) is 5.56 Å². The quantitative estimate of drug-likeness (QED) is 0.417. The SMILES string of the molecule is O=c1c(NCCc2cccc(F)c2)c(-c2ccc(Cl)cc2Oc2ccccc2)c1=O. The third-order valence-corrected chi connectivity index (χ3v) is 4.93. The van der Waals surface area contributed by atoms with E-state index in [0.29, 0.717) is 35.1 Å². The Morgan fingerprint density at radius 1 is 0.900 bits per heavy atom. The molecule has 4 aromatic carbocycles. The summed E-state index contributed by atoms with van der Waals surface area (Å²) in [5, 5.41) is 3.47. The molecule has 0 bridgehead atoms. The lowest BCUT2D eigenvalue weighted by atomic mass is 9.97. The highest BCUT2D eigenvalue weighted by molar-refractivity contribution is 6.30. The molecule has 0 atom stereocenters. The van der Waals surface area contributed by atoms with Gasteiger partial charge in [-0.25, -0.2) is 4.39 Å². The molecule has 30 heavy (non-hydrogen) atoms. The van der Waals surface area contributed by atoms with E-state index in [-0.39, 0.29) is 17.1 Å². The summed E-state index contributed by atoms with van der Waals surface area (Å²) in [4.78, 5) is 24.5. The van der Waals surface area contributed by atoms with E-state index in [1.807, 2.05) is 18.2 Å². The summed E-state index contributed by atoms with van der Waals surface area (Å²) in [6, 6.07) is 20.3. The zero-order valence-electron chi connectivity index (χ0n) is 15.8. The van der Waals surface area contributed by atoms with Gasteiger partial charge in [0.1, 0.15) is 17.3 Å². The number of hydrogen-bond acceptors (Lipinski definition) is 4. The Balaban J connectivity index is 1.60. The van der Waals surface area contributed by atoms with Crippen LogP contribution in [0.4, 0.5) is 10.1 Å². The van der Waals surface area contributed by atoms with E-state index < -0.39 is 10.9 Å². The van der Waals surface area contributed by atoms with Crippen molar-refractivity contribution in [3.63, 3.8) is 0 Å². The third kappa shape index (κ3) is 4.11. The van der Waals surface area contributed by atoms with E-state index in [4.69, 9.17) is 16.3 Å². The molecular weight excluding hydrogens is 405 g/mol. The lowest BCUT2D eigenvalue weighted by Gasteiger charge is -2.17. The van der Waals surface area contributed by atoms with Gasteiger partial charge in [0.25, 0.3) is 0 Å². The van der Waals surface area contributed by atoms with Crippen LogP contribution in [0, 0.1) is 5.82 Å². The van der Waals surface area contributed by atoms with Gasteiger partial charge in [0, 0.05) is 23.2 Å². The summed E-state index contributed by atoms with van der Waals surface area (Å²) < 4.78 is 19.2. The molecule has 0 heterocycles. The minimum atomic E-state index is -0.580. The number of para-hydroxylation sites is 1. The lowest BCUT2D eigenvalue weighted by Crippen LogP contribution is -2.36. The Morgan fingerprint density at radius 3 is 2.47 bits per heavy atom. The Bertz CT molecular complexity index is 1260. The Kier molecular flexibility index (Phi) is 5.63. The van der Waals surface area contributed by atoms with Crippen LogP contribution in [0.15, 0.2) is 82.4 Å². The van der Waals surface area contributed by atoms with Crippen LogP contribution in [-0.4, -0.2) is 6.54 Å². The highest BCUT2D eigenvalue weighted by Crippen LogP contribution is 2.37. The van der Waals surface area contributed by atoms with Crippen molar-refractivity contribution in [1.82, 2.24) is 0 Å². The van der Waals surface area contributed by atoms with Crippen molar-refractivity contribution in [2.24, 2.45) is 0 Å². The molecule has 0 aromatic heterocycles. The van der Waals surface area contributed by atoms with Gasteiger partial charge >= 0.3 is 0 Å². The predicted molar refractivity (Wildman–Crippen MR) is 117 cm³/mol. The minimum absolute atomic E-state index is 0.233. The first-order chi connectivity index (χ1) is 14.5. The monoisotopic (exact) mass is 421 g/mol. The number of benzene rings is 3. The Labute approximate surface area is 177 Å². The first-order valence-corrected chi connectivity index (χ1v) is 9.75. The summed E-state index contributed by atoms with van der Waals surface area (Å²) >= 11 is 6.12. The molecule has 1 N–H and O–H groups in total. The van der Waals surface area contributed by atoms with Crippen molar-refractivity contribution in [1.29, 1.82) is 0 Å². The van der Waals surface area contributed by atoms with Crippen molar-refractivity contribution in [2.75, 3.05) is 11.9 Å². The molecule has 0 aliphatic rings. The van der Waals surface area contributed by atoms with Gasteiger partial charge in [-0.05, 0) is 48.4 Å². The van der Waals surface area contributed by atoms with Gasteiger partial charge in [0.05, 0.1) is 11.3 Å². The normalized spacial score (nSPS) is 10.9. The maximum absolute atomic E-state index is 13.3. The third-order valence-electron chi connectivity index (χ3n) is 4.70. The largest absolute Gasteiger partial charge is 0.457 e. The molecule has 0 unspecified atom stereocenters. The van der Waals surface area contributed by atoms with Gasteiger partial charge in [0.2, 0.25) is 10.9 Å². The Morgan fingerprint density at radius 2 is 1.70 bits per heavy atom. The van der Waals surface area contributed by atoms with Gasteiger partial charge in [-0.2, -0.15) is 0 Å². The van der Waals surface area contributed by atoms with E-state index >= 15 is 0 Å². The fourth-order valence-corrected chi connectivity index (χ4v) is 3.41. The van der Waals surface area contributed by atoms with E-state index in [1.54, 1.807) is 42.5 Å². The van der Waals surface area contributed by atoms with Gasteiger partial charge in [-0.3, -0.25) is 9.59 Å². The number of ether oxygens (including phenoxy) is 1. The maximum atomic E-state index is 13.3. The zero-order chi connectivity index (χ0) is 21.1. The van der Waals surface area contributed by atoms with Crippen LogP contribution < -0.4 is 20.9 Å². The van der Waals surface area contributed by atoms with E-state index in [9.17, 15) is 14.0 Å². The number of anilines is 1. The van der Waals surface area contributed by atoms with Crippen LogP contribution >= 0.6 is 11.6 Å². The van der Waals surface area contributed by atoms with Crippen LogP contribution in [0.5, 0.6) is 11.5 Å². The number of rotatable bonds is 7. The summed E-state index contributed by atoms with van der Waals surface area (Å²) in [5.41, 5.74) is 0.621. The second-order valence-electron chi connectivity index (χ2n) is 6.77. The zero-order valence-corrected chi connectivity index (χ0v) is 16.6. The average molecular weight is 422 g/mol. The molecule has 4 nitrogen and oxygen atoms in total. The summed E-state index contributed by atoms with van der Waals surface area (Å²) in [7, 11) is 0. The van der Waals surface area contributed by atoms with Crippen molar-refractivity contribution < 1.29 is 9.13 Å². The molecular formula is C24H17ClFNO3. The van der Waals surface area contributed by atoms with Crippen molar-refractivity contribution in [3.8, 4) is 22.6 Å². The molecule has 4 aromatic rings. The first kappa shape index (κ1) is 19.9. The molecule has 0 aliphatic carbocycles. The summed E-state index contributed by atoms with van der Waals surface area (Å²) in [6.45, 7) is 0.379. The molecule has 0 saturated heterocycles. The van der Waals surface area contributed by atoms with Gasteiger partial charge < -0.3 is 10.1 Å². The van der Waals surface area contributed by atoms with Crippen LogP contribution in [0.2, 0.25) is 5.02 Å². The molecule has 0 aliphatic heterocycles. The molecule has 0 amide bonds. The van der Waals surface area contributed by atoms with Crippen molar-refractivity contribution >= 4 is 17.3 Å². The summed E-state index contributed by atoms with van der Waals surface area (Å²) in [5.74, 6) is 0.653. The topological polar surface area (TPSA) is 55.4 Å². The second-order valence-corrected chi connectivity index (χ2v) is 7.21. The summed E-state index contributed by atoms with van der Waals surface area (Å²) in [6.07, 6.45) is 0.504. The van der Waals surface area contributed by atoms with E-state index in [1.165, 1.54) is 12.1 Å². The van der Waals surface area contributed by atoms with Crippen molar-refractivity contribution in [3.05, 3.63) is 110 Å². The maximum Gasteiger partial charge on any atom is 0.250 e. The highest BCUT2D eigenvalue weighted by atomic mass is 35.5. The fraction of sp³-hybridized carbons (Fsp3) is 0.0833.